The van der Waals surface area contributed by atoms with Crippen LogP contribution in [0.15, 0.2) is 30.6 Å². The van der Waals surface area contributed by atoms with Crippen molar-refractivity contribution in [1.29, 1.82) is 0 Å². The number of pyridine rings is 1. The topological polar surface area (TPSA) is 62.7 Å². The highest BCUT2D eigenvalue weighted by Gasteiger charge is 2.27. The predicted octanol–water partition coefficient (Wildman–Crippen LogP) is 2.45. The van der Waals surface area contributed by atoms with Crippen LogP contribution in [0.25, 0.3) is 0 Å². The van der Waals surface area contributed by atoms with E-state index in [1.54, 1.807) is 0 Å². The average molecular weight is 269 g/mol. The minimum absolute atomic E-state index is 0.559. The lowest BCUT2D eigenvalue weighted by Gasteiger charge is -2.09. The van der Waals surface area contributed by atoms with Crippen molar-refractivity contribution in [2.75, 3.05) is 24.2 Å². The Labute approximate surface area is 118 Å². The van der Waals surface area contributed by atoms with Crippen LogP contribution in [0.4, 0.5) is 11.6 Å². The van der Waals surface area contributed by atoms with Crippen LogP contribution in [-0.2, 0) is 6.42 Å². The van der Waals surface area contributed by atoms with Gasteiger partial charge < -0.3 is 10.6 Å². The molecule has 2 aromatic heterocycles. The largest absolute Gasteiger partial charge is 0.373 e. The van der Waals surface area contributed by atoms with E-state index >= 15 is 0 Å². The van der Waals surface area contributed by atoms with Crippen molar-refractivity contribution in [3.63, 3.8) is 0 Å². The molecule has 2 aromatic rings. The predicted molar refractivity (Wildman–Crippen MR) is 80.0 cm³/mol. The third kappa shape index (κ3) is 3.23. The summed E-state index contributed by atoms with van der Waals surface area (Å²) >= 11 is 0. The Morgan fingerprint density at radius 3 is 2.60 bits per heavy atom. The van der Waals surface area contributed by atoms with Gasteiger partial charge in [-0.3, -0.25) is 4.98 Å². The van der Waals surface area contributed by atoms with Crippen LogP contribution in [0.1, 0.15) is 30.1 Å². The summed E-state index contributed by atoms with van der Waals surface area (Å²) in [5, 5.41) is 6.48. The lowest BCUT2D eigenvalue weighted by molar-refractivity contribution is 0.916. The SMILES string of the molecule is CNc1cc(NCCc2ccncc2)nc(C2CC2)n1. The maximum Gasteiger partial charge on any atom is 0.136 e. The molecule has 5 nitrogen and oxygen atoms in total. The van der Waals surface area contributed by atoms with Crippen LogP contribution < -0.4 is 10.6 Å². The van der Waals surface area contributed by atoms with E-state index in [4.69, 9.17) is 0 Å². The van der Waals surface area contributed by atoms with Crippen molar-refractivity contribution < 1.29 is 0 Å². The Kier molecular flexibility index (Phi) is 3.76. The summed E-state index contributed by atoms with van der Waals surface area (Å²) in [6, 6.07) is 6.03. The van der Waals surface area contributed by atoms with Gasteiger partial charge in [-0.25, -0.2) is 9.97 Å². The number of aromatic nitrogens is 3. The van der Waals surface area contributed by atoms with Gasteiger partial charge in [0.15, 0.2) is 0 Å². The standard InChI is InChI=1S/C15H19N5/c1-16-13-10-14(20-15(19-13)12-2-3-12)18-9-6-11-4-7-17-8-5-11/h4-5,7-8,10,12H,2-3,6,9H2,1H3,(H2,16,18,19,20). The van der Waals surface area contributed by atoms with Gasteiger partial charge in [-0.05, 0) is 37.0 Å². The molecule has 0 atom stereocenters. The molecule has 104 valence electrons. The first-order valence-electron chi connectivity index (χ1n) is 7.04. The van der Waals surface area contributed by atoms with Crippen LogP contribution in [0.3, 0.4) is 0 Å². The molecule has 0 aromatic carbocycles. The normalized spacial score (nSPS) is 14.1. The summed E-state index contributed by atoms with van der Waals surface area (Å²) in [5.74, 6) is 3.31. The third-order valence-corrected chi connectivity index (χ3v) is 3.41. The lowest BCUT2D eigenvalue weighted by atomic mass is 10.2. The van der Waals surface area contributed by atoms with Gasteiger partial charge in [0.2, 0.25) is 0 Å². The maximum atomic E-state index is 4.60. The summed E-state index contributed by atoms with van der Waals surface area (Å²) in [6.07, 6.45) is 7.03. The molecule has 0 unspecified atom stereocenters. The summed E-state index contributed by atoms with van der Waals surface area (Å²) in [4.78, 5) is 13.1. The third-order valence-electron chi connectivity index (χ3n) is 3.41. The second-order valence-electron chi connectivity index (χ2n) is 5.05. The van der Waals surface area contributed by atoms with Crippen LogP contribution >= 0.6 is 0 Å². The van der Waals surface area contributed by atoms with Gasteiger partial charge in [0.05, 0.1) is 0 Å². The molecule has 1 aliphatic carbocycles. The Balaban J connectivity index is 1.63. The highest BCUT2D eigenvalue weighted by molar-refractivity contribution is 5.47. The fourth-order valence-corrected chi connectivity index (χ4v) is 2.09. The van der Waals surface area contributed by atoms with E-state index < -0.39 is 0 Å². The number of hydrogen-bond donors (Lipinski definition) is 2. The Bertz CT molecular complexity index is 566. The molecule has 20 heavy (non-hydrogen) atoms. The van der Waals surface area contributed by atoms with Gasteiger partial charge in [0.25, 0.3) is 0 Å². The van der Waals surface area contributed by atoms with Crippen molar-refractivity contribution in [2.45, 2.75) is 25.2 Å². The minimum atomic E-state index is 0.559. The van der Waals surface area contributed by atoms with Crippen molar-refractivity contribution in [1.82, 2.24) is 15.0 Å². The Morgan fingerprint density at radius 2 is 1.90 bits per heavy atom. The van der Waals surface area contributed by atoms with E-state index in [2.05, 4.69) is 25.6 Å². The first kappa shape index (κ1) is 12.8. The first-order chi connectivity index (χ1) is 9.85. The molecule has 2 N–H and O–H groups in total. The van der Waals surface area contributed by atoms with Crippen LogP contribution in [0.2, 0.25) is 0 Å². The average Bonchev–Trinajstić information content (AvgIpc) is 3.33. The Hall–Kier alpha value is -2.17. The summed E-state index contributed by atoms with van der Waals surface area (Å²) in [6.45, 7) is 0.855. The number of nitrogens with one attached hydrogen (secondary N) is 2. The highest BCUT2D eigenvalue weighted by Crippen LogP contribution is 2.38. The van der Waals surface area contributed by atoms with Crippen molar-refractivity contribution >= 4 is 11.6 Å². The minimum Gasteiger partial charge on any atom is -0.373 e. The zero-order chi connectivity index (χ0) is 13.8. The van der Waals surface area contributed by atoms with Crippen LogP contribution in [0.5, 0.6) is 0 Å². The molecular formula is C15H19N5. The van der Waals surface area contributed by atoms with E-state index in [1.165, 1.54) is 18.4 Å². The highest BCUT2D eigenvalue weighted by atomic mass is 15.1. The number of anilines is 2. The van der Waals surface area contributed by atoms with E-state index in [1.807, 2.05) is 37.6 Å². The Morgan fingerprint density at radius 1 is 1.15 bits per heavy atom. The second kappa shape index (κ2) is 5.86. The number of rotatable bonds is 6. The molecular weight excluding hydrogens is 250 g/mol. The lowest BCUT2D eigenvalue weighted by Crippen LogP contribution is -2.09. The molecule has 1 aliphatic rings. The van der Waals surface area contributed by atoms with Crippen molar-refractivity contribution in [3.8, 4) is 0 Å². The molecule has 1 fully saturated rings. The van der Waals surface area contributed by atoms with Crippen molar-refractivity contribution in [2.24, 2.45) is 0 Å². The van der Waals surface area contributed by atoms with Gasteiger partial charge in [-0.1, -0.05) is 0 Å². The molecule has 0 saturated heterocycles. The second-order valence-corrected chi connectivity index (χ2v) is 5.05. The molecule has 0 aliphatic heterocycles. The quantitative estimate of drug-likeness (QED) is 0.843. The van der Waals surface area contributed by atoms with Crippen molar-refractivity contribution in [3.05, 3.63) is 42.0 Å². The van der Waals surface area contributed by atoms with Crippen LogP contribution in [-0.4, -0.2) is 28.5 Å². The van der Waals surface area contributed by atoms with Gasteiger partial charge in [0, 0.05) is 38.0 Å². The molecule has 2 heterocycles. The molecule has 0 spiro atoms. The molecule has 0 bridgehead atoms. The van der Waals surface area contributed by atoms with Gasteiger partial charge in [-0.15, -0.1) is 0 Å². The van der Waals surface area contributed by atoms with Gasteiger partial charge >= 0.3 is 0 Å². The maximum absolute atomic E-state index is 4.60. The summed E-state index contributed by atoms with van der Waals surface area (Å²) in [7, 11) is 1.89. The summed E-state index contributed by atoms with van der Waals surface area (Å²) in [5.41, 5.74) is 1.28. The molecule has 3 rings (SSSR count). The zero-order valence-corrected chi connectivity index (χ0v) is 11.6. The van der Waals surface area contributed by atoms with Gasteiger partial charge in [0.1, 0.15) is 17.5 Å². The monoisotopic (exact) mass is 269 g/mol. The number of hydrogen-bond acceptors (Lipinski definition) is 5. The zero-order valence-electron chi connectivity index (χ0n) is 11.6. The van der Waals surface area contributed by atoms with E-state index in [-0.39, 0.29) is 0 Å². The molecule has 1 saturated carbocycles. The van der Waals surface area contributed by atoms with E-state index in [0.717, 1.165) is 30.4 Å². The fraction of sp³-hybridized carbons (Fsp3) is 0.400. The fourth-order valence-electron chi connectivity index (χ4n) is 2.09. The first-order valence-corrected chi connectivity index (χ1v) is 7.04. The summed E-state index contributed by atoms with van der Waals surface area (Å²) < 4.78 is 0. The molecule has 0 radical (unpaired) electrons. The molecule has 0 amide bonds. The van der Waals surface area contributed by atoms with E-state index in [0.29, 0.717) is 5.92 Å². The van der Waals surface area contributed by atoms with Gasteiger partial charge in [-0.2, -0.15) is 0 Å². The number of nitrogens with zero attached hydrogens (tertiary/aromatic N) is 3. The van der Waals surface area contributed by atoms with Crippen LogP contribution in [0, 0.1) is 0 Å². The smallest absolute Gasteiger partial charge is 0.136 e. The van der Waals surface area contributed by atoms with E-state index in [9.17, 15) is 0 Å². The molecule has 5 heteroatoms.